The Balaban J connectivity index is 1.41. The van der Waals surface area contributed by atoms with Crippen LogP contribution in [0.5, 0.6) is 0 Å². The van der Waals surface area contributed by atoms with Crippen LogP contribution < -0.4 is 10.6 Å². The Morgan fingerprint density at radius 2 is 1.59 bits per heavy atom. The topological polar surface area (TPSA) is 84.0 Å². The van der Waals surface area contributed by atoms with E-state index in [1.165, 1.54) is 36.4 Å². The van der Waals surface area contributed by atoms with E-state index in [1.54, 1.807) is 49.5 Å². The van der Waals surface area contributed by atoms with Crippen LogP contribution in [0.15, 0.2) is 91.1 Å². The van der Waals surface area contributed by atoms with Gasteiger partial charge in [-0.2, -0.15) is 13.2 Å². The number of hydrogen-bond donors (Lipinski definition) is 2. The van der Waals surface area contributed by atoms with Gasteiger partial charge in [-0.3, -0.25) is 9.59 Å². The summed E-state index contributed by atoms with van der Waals surface area (Å²) in [5.74, 6) is -0.314. The molecule has 1 heterocycles. The zero-order valence-corrected chi connectivity index (χ0v) is 19.6. The molecule has 0 atom stereocenters. The van der Waals surface area contributed by atoms with Crippen molar-refractivity contribution in [3.05, 3.63) is 114 Å². The largest absolute Gasteiger partial charge is 0.416 e. The summed E-state index contributed by atoms with van der Waals surface area (Å²) in [5, 5.41) is 5.25. The molecule has 6 nitrogen and oxygen atoms in total. The molecule has 2 N–H and O–H groups in total. The van der Waals surface area contributed by atoms with Crippen molar-refractivity contribution < 1.29 is 22.8 Å². The van der Waals surface area contributed by atoms with Crippen molar-refractivity contribution in [1.82, 2.24) is 9.97 Å². The first kappa shape index (κ1) is 25.3. The molecule has 0 saturated carbocycles. The number of carbonyl (C=O) groups is 2. The van der Waals surface area contributed by atoms with Crippen molar-refractivity contribution in [3.63, 3.8) is 0 Å². The van der Waals surface area contributed by atoms with Crippen LogP contribution in [0.4, 0.5) is 24.5 Å². The molecule has 0 radical (unpaired) electrons. The lowest BCUT2D eigenvalue weighted by atomic mass is 10.1. The third-order valence-corrected chi connectivity index (χ3v) is 5.23. The number of aromatic nitrogens is 2. The summed E-state index contributed by atoms with van der Waals surface area (Å²) < 4.78 is 38.8. The standard InChI is InChI=1S/C28H21F3N4O2/c1-18-32-14-13-25(33-18)20-6-3-9-23(16-20)34-26(36)12-11-19-5-2-7-21(15-19)27(37)35-24-10-4-8-22(17-24)28(29,30)31/h2-17H,1H3,(H,34,36)(H,35,37)/b12-11+. The minimum Gasteiger partial charge on any atom is -0.322 e. The lowest BCUT2D eigenvalue weighted by Gasteiger charge is -2.10. The van der Waals surface area contributed by atoms with E-state index < -0.39 is 17.6 Å². The second-order valence-electron chi connectivity index (χ2n) is 8.05. The monoisotopic (exact) mass is 502 g/mol. The van der Waals surface area contributed by atoms with E-state index in [0.717, 1.165) is 23.4 Å². The van der Waals surface area contributed by atoms with Gasteiger partial charge in [0.25, 0.3) is 5.91 Å². The molecule has 0 aliphatic heterocycles. The maximum atomic E-state index is 12.9. The van der Waals surface area contributed by atoms with E-state index in [2.05, 4.69) is 20.6 Å². The predicted molar refractivity (Wildman–Crippen MR) is 136 cm³/mol. The molecule has 0 aliphatic carbocycles. The van der Waals surface area contributed by atoms with E-state index >= 15 is 0 Å². The molecule has 0 unspecified atom stereocenters. The molecule has 0 saturated heterocycles. The fraction of sp³-hybridized carbons (Fsp3) is 0.0714. The molecule has 37 heavy (non-hydrogen) atoms. The number of aryl methyl sites for hydroxylation is 1. The van der Waals surface area contributed by atoms with Gasteiger partial charge in [-0.15, -0.1) is 0 Å². The molecular weight excluding hydrogens is 481 g/mol. The van der Waals surface area contributed by atoms with Crippen LogP contribution in [0.25, 0.3) is 17.3 Å². The Kier molecular flexibility index (Phi) is 7.43. The van der Waals surface area contributed by atoms with Gasteiger partial charge in [0.15, 0.2) is 0 Å². The van der Waals surface area contributed by atoms with Crippen LogP contribution in [0.1, 0.15) is 27.3 Å². The van der Waals surface area contributed by atoms with Gasteiger partial charge in [-0.25, -0.2) is 9.97 Å². The Morgan fingerprint density at radius 1 is 0.865 bits per heavy atom. The number of hydrogen-bond acceptors (Lipinski definition) is 4. The third kappa shape index (κ3) is 6.88. The van der Waals surface area contributed by atoms with E-state index in [-0.39, 0.29) is 17.2 Å². The van der Waals surface area contributed by atoms with Crippen LogP contribution >= 0.6 is 0 Å². The summed E-state index contributed by atoms with van der Waals surface area (Å²) in [6.45, 7) is 1.80. The summed E-state index contributed by atoms with van der Waals surface area (Å²) in [6.07, 6.45) is 0.0152. The first-order valence-electron chi connectivity index (χ1n) is 11.2. The zero-order valence-electron chi connectivity index (χ0n) is 19.6. The van der Waals surface area contributed by atoms with Gasteiger partial charge in [0.05, 0.1) is 11.3 Å². The summed E-state index contributed by atoms with van der Waals surface area (Å²) in [5.41, 5.74) is 2.11. The minimum absolute atomic E-state index is 0.0273. The Morgan fingerprint density at radius 3 is 2.35 bits per heavy atom. The summed E-state index contributed by atoms with van der Waals surface area (Å²) in [4.78, 5) is 33.5. The van der Waals surface area contributed by atoms with Crippen molar-refractivity contribution in [2.75, 3.05) is 10.6 Å². The molecule has 0 spiro atoms. The number of anilines is 2. The molecule has 2 amide bonds. The molecule has 0 bridgehead atoms. The third-order valence-electron chi connectivity index (χ3n) is 5.23. The molecular formula is C28H21F3N4O2. The zero-order chi connectivity index (χ0) is 26.4. The number of carbonyl (C=O) groups excluding carboxylic acids is 2. The van der Waals surface area contributed by atoms with Crippen LogP contribution in [0, 0.1) is 6.92 Å². The van der Waals surface area contributed by atoms with E-state index in [9.17, 15) is 22.8 Å². The summed E-state index contributed by atoms with van der Waals surface area (Å²) in [7, 11) is 0. The fourth-order valence-corrected chi connectivity index (χ4v) is 3.49. The molecule has 4 aromatic rings. The van der Waals surface area contributed by atoms with Crippen LogP contribution in [0.2, 0.25) is 0 Å². The highest BCUT2D eigenvalue weighted by Gasteiger charge is 2.30. The SMILES string of the molecule is Cc1nccc(-c2cccc(NC(=O)/C=C/c3cccc(C(=O)Nc4cccc(C(F)(F)F)c4)c3)c2)n1. The number of alkyl halides is 3. The van der Waals surface area contributed by atoms with Gasteiger partial charge in [0.2, 0.25) is 5.91 Å². The van der Waals surface area contributed by atoms with E-state index in [4.69, 9.17) is 0 Å². The first-order chi connectivity index (χ1) is 17.7. The second kappa shape index (κ2) is 10.9. The van der Waals surface area contributed by atoms with Gasteiger partial charge in [0, 0.05) is 34.8 Å². The molecule has 0 fully saturated rings. The molecule has 186 valence electrons. The Bertz CT molecular complexity index is 1480. The molecule has 3 aromatic carbocycles. The predicted octanol–water partition coefficient (Wildman–Crippen LogP) is 6.38. The van der Waals surface area contributed by atoms with Crippen molar-refractivity contribution >= 4 is 29.3 Å². The summed E-state index contributed by atoms with van der Waals surface area (Å²) in [6, 6.07) is 19.8. The lowest BCUT2D eigenvalue weighted by molar-refractivity contribution is -0.137. The normalized spacial score (nSPS) is 11.4. The van der Waals surface area contributed by atoms with Crippen molar-refractivity contribution in [2.24, 2.45) is 0 Å². The molecule has 1 aromatic heterocycles. The smallest absolute Gasteiger partial charge is 0.322 e. The maximum Gasteiger partial charge on any atom is 0.416 e. The van der Waals surface area contributed by atoms with Crippen molar-refractivity contribution in [3.8, 4) is 11.3 Å². The number of amides is 2. The van der Waals surface area contributed by atoms with Gasteiger partial charge in [-0.05, 0) is 67.1 Å². The van der Waals surface area contributed by atoms with Crippen LogP contribution in [0.3, 0.4) is 0 Å². The quantitative estimate of drug-likeness (QED) is 0.300. The summed E-state index contributed by atoms with van der Waals surface area (Å²) >= 11 is 0. The Labute approximate surface area is 210 Å². The highest BCUT2D eigenvalue weighted by atomic mass is 19.4. The van der Waals surface area contributed by atoms with Gasteiger partial charge in [0.1, 0.15) is 5.82 Å². The Hall–Kier alpha value is -4.79. The van der Waals surface area contributed by atoms with Crippen LogP contribution in [-0.4, -0.2) is 21.8 Å². The number of benzene rings is 3. The van der Waals surface area contributed by atoms with E-state index in [1.807, 2.05) is 6.07 Å². The van der Waals surface area contributed by atoms with Crippen molar-refractivity contribution in [1.29, 1.82) is 0 Å². The fourth-order valence-electron chi connectivity index (χ4n) is 3.49. The molecule has 0 aliphatic rings. The molecule has 9 heteroatoms. The molecule has 4 rings (SSSR count). The number of halogens is 3. The minimum atomic E-state index is -4.51. The highest BCUT2D eigenvalue weighted by Crippen LogP contribution is 2.30. The highest BCUT2D eigenvalue weighted by molar-refractivity contribution is 6.05. The first-order valence-corrected chi connectivity index (χ1v) is 11.2. The van der Waals surface area contributed by atoms with Crippen LogP contribution in [-0.2, 0) is 11.0 Å². The average Bonchev–Trinajstić information content (AvgIpc) is 2.87. The van der Waals surface area contributed by atoms with Gasteiger partial charge >= 0.3 is 6.18 Å². The lowest BCUT2D eigenvalue weighted by Crippen LogP contribution is -2.13. The number of rotatable bonds is 6. The van der Waals surface area contributed by atoms with Gasteiger partial charge < -0.3 is 10.6 Å². The van der Waals surface area contributed by atoms with E-state index in [0.29, 0.717) is 17.1 Å². The van der Waals surface area contributed by atoms with Gasteiger partial charge in [-0.1, -0.05) is 30.3 Å². The average molecular weight is 502 g/mol. The second-order valence-corrected chi connectivity index (χ2v) is 8.05. The number of nitrogens with zero attached hydrogens (tertiary/aromatic N) is 2. The number of nitrogens with one attached hydrogen (secondary N) is 2. The van der Waals surface area contributed by atoms with Crippen molar-refractivity contribution in [2.45, 2.75) is 13.1 Å². The maximum absolute atomic E-state index is 12.9.